The third-order valence-corrected chi connectivity index (χ3v) is 3.13. The lowest BCUT2D eigenvalue weighted by Crippen LogP contribution is -1.88. The first-order valence-corrected chi connectivity index (χ1v) is 6.36. The highest BCUT2D eigenvalue weighted by Gasteiger charge is 2.04. The number of benzene rings is 1. The lowest BCUT2D eigenvalue weighted by atomic mass is 10.3. The standard InChI is InChI=1S/C11H6Br2ClNO/c12-7-1-4-11(15-6-7)16-10-3-2-8(14)5-9(10)13/h1-6H. The van der Waals surface area contributed by atoms with Crippen molar-refractivity contribution in [2.75, 3.05) is 0 Å². The molecular weight excluding hydrogens is 357 g/mol. The second-order valence-corrected chi connectivity index (χ2v) is 5.20. The highest BCUT2D eigenvalue weighted by atomic mass is 79.9. The average molecular weight is 363 g/mol. The van der Waals surface area contributed by atoms with Crippen LogP contribution < -0.4 is 4.74 Å². The van der Waals surface area contributed by atoms with Gasteiger partial charge in [-0.3, -0.25) is 0 Å². The smallest absolute Gasteiger partial charge is 0.219 e. The van der Waals surface area contributed by atoms with E-state index in [9.17, 15) is 0 Å². The molecule has 0 aliphatic rings. The van der Waals surface area contributed by atoms with Crippen molar-refractivity contribution in [2.24, 2.45) is 0 Å². The van der Waals surface area contributed by atoms with Crippen LogP contribution in [0, 0.1) is 0 Å². The molecule has 0 unspecified atom stereocenters. The molecule has 0 aliphatic carbocycles. The van der Waals surface area contributed by atoms with Gasteiger partial charge in [-0.1, -0.05) is 11.6 Å². The van der Waals surface area contributed by atoms with Crippen LogP contribution in [0.3, 0.4) is 0 Å². The van der Waals surface area contributed by atoms with Crippen LogP contribution in [0.15, 0.2) is 45.5 Å². The maximum absolute atomic E-state index is 5.83. The summed E-state index contributed by atoms with van der Waals surface area (Å²) in [6.07, 6.45) is 1.68. The number of ether oxygens (including phenoxy) is 1. The summed E-state index contributed by atoms with van der Waals surface area (Å²) in [5, 5.41) is 0.656. The fraction of sp³-hybridized carbons (Fsp3) is 0. The van der Waals surface area contributed by atoms with E-state index in [-0.39, 0.29) is 0 Å². The molecule has 2 rings (SSSR count). The van der Waals surface area contributed by atoms with Gasteiger partial charge in [-0.25, -0.2) is 4.98 Å². The quantitative estimate of drug-likeness (QED) is 0.745. The molecule has 0 N–H and O–H groups in total. The van der Waals surface area contributed by atoms with Crippen LogP contribution in [0.25, 0.3) is 0 Å². The Labute approximate surface area is 115 Å². The molecule has 0 saturated carbocycles. The molecule has 0 aliphatic heterocycles. The van der Waals surface area contributed by atoms with E-state index in [1.165, 1.54) is 0 Å². The molecule has 0 spiro atoms. The van der Waals surface area contributed by atoms with Gasteiger partial charge in [0.25, 0.3) is 0 Å². The van der Waals surface area contributed by atoms with Gasteiger partial charge in [0.1, 0.15) is 5.75 Å². The van der Waals surface area contributed by atoms with E-state index in [1.54, 1.807) is 30.5 Å². The van der Waals surface area contributed by atoms with Crippen LogP contribution in [0.1, 0.15) is 0 Å². The summed E-state index contributed by atoms with van der Waals surface area (Å²) < 4.78 is 7.29. The maximum atomic E-state index is 5.83. The number of halogens is 3. The molecule has 2 nitrogen and oxygen atoms in total. The summed E-state index contributed by atoms with van der Waals surface area (Å²) in [4.78, 5) is 4.11. The van der Waals surface area contributed by atoms with Crippen molar-refractivity contribution in [1.29, 1.82) is 0 Å². The minimum Gasteiger partial charge on any atom is -0.438 e. The van der Waals surface area contributed by atoms with E-state index >= 15 is 0 Å². The van der Waals surface area contributed by atoms with Crippen LogP contribution in [-0.2, 0) is 0 Å². The first-order valence-electron chi connectivity index (χ1n) is 4.39. The molecule has 0 fully saturated rings. The zero-order chi connectivity index (χ0) is 11.5. The van der Waals surface area contributed by atoms with Crippen molar-refractivity contribution < 1.29 is 4.74 Å². The predicted molar refractivity (Wildman–Crippen MR) is 71.2 cm³/mol. The Kier molecular flexibility index (Phi) is 3.84. The van der Waals surface area contributed by atoms with E-state index in [1.807, 2.05) is 6.07 Å². The Bertz CT molecular complexity index is 502. The zero-order valence-electron chi connectivity index (χ0n) is 7.95. The van der Waals surface area contributed by atoms with E-state index < -0.39 is 0 Å². The molecular formula is C11H6Br2ClNO. The molecule has 1 heterocycles. The minimum absolute atomic E-state index is 0.534. The van der Waals surface area contributed by atoms with Gasteiger partial charge >= 0.3 is 0 Å². The van der Waals surface area contributed by atoms with Crippen LogP contribution >= 0.6 is 43.5 Å². The number of aromatic nitrogens is 1. The summed E-state index contributed by atoms with van der Waals surface area (Å²) in [6, 6.07) is 8.98. The molecule has 1 aromatic heterocycles. The molecule has 82 valence electrons. The van der Waals surface area contributed by atoms with Crippen molar-refractivity contribution in [1.82, 2.24) is 4.98 Å². The number of pyridine rings is 1. The molecule has 1 aromatic carbocycles. The largest absolute Gasteiger partial charge is 0.438 e. The second kappa shape index (κ2) is 5.17. The molecule has 0 bridgehead atoms. The monoisotopic (exact) mass is 361 g/mol. The normalized spacial score (nSPS) is 10.2. The number of rotatable bonds is 2. The molecule has 2 aromatic rings. The first kappa shape index (κ1) is 11.9. The highest BCUT2D eigenvalue weighted by Crippen LogP contribution is 2.31. The third-order valence-electron chi connectivity index (χ3n) is 1.81. The van der Waals surface area contributed by atoms with Gasteiger partial charge in [-0.15, -0.1) is 0 Å². The van der Waals surface area contributed by atoms with Gasteiger partial charge in [0.15, 0.2) is 0 Å². The average Bonchev–Trinajstić information content (AvgIpc) is 2.25. The minimum atomic E-state index is 0.534. The van der Waals surface area contributed by atoms with Crippen molar-refractivity contribution in [2.45, 2.75) is 0 Å². The summed E-state index contributed by atoms with van der Waals surface area (Å²) in [5.41, 5.74) is 0. The third kappa shape index (κ3) is 2.97. The Morgan fingerprint density at radius 2 is 1.94 bits per heavy atom. The molecule has 0 saturated heterocycles. The lowest BCUT2D eigenvalue weighted by Gasteiger charge is -2.06. The van der Waals surface area contributed by atoms with E-state index in [0.717, 1.165) is 8.95 Å². The van der Waals surface area contributed by atoms with Gasteiger partial charge in [0.05, 0.1) is 4.47 Å². The number of nitrogens with zero attached hydrogens (tertiary/aromatic N) is 1. The van der Waals surface area contributed by atoms with Crippen LogP contribution in [0.2, 0.25) is 5.02 Å². The number of hydrogen-bond acceptors (Lipinski definition) is 2. The predicted octanol–water partition coefficient (Wildman–Crippen LogP) is 5.05. The van der Waals surface area contributed by atoms with Crippen molar-refractivity contribution >= 4 is 43.5 Å². The fourth-order valence-corrected chi connectivity index (χ4v) is 2.09. The van der Waals surface area contributed by atoms with Gasteiger partial charge in [0, 0.05) is 21.8 Å². The van der Waals surface area contributed by atoms with Crippen LogP contribution in [-0.4, -0.2) is 4.98 Å². The van der Waals surface area contributed by atoms with Crippen LogP contribution in [0.5, 0.6) is 11.6 Å². The highest BCUT2D eigenvalue weighted by molar-refractivity contribution is 9.10. The van der Waals surface area contributed by atoms with Crippen molar-refractivity contribution in [3.8, 4) is 11.6 Å². The molecule has 16 heavy (non-hydrogen) atoms. The molecule has 0 amide bonds. The Morgan fingerprint density at radius 1 is 1.12 bits per heavy atom. The van der Waals surface area contributed by atoms with Crippen molar-refractivity contribution in [3.63, 3.8) is 0 Å². The summed E-state index contributed by atoms with van der Waals surface area (Å²) in [5.74, 6) is 1.21. The molecule has 0 radical (unpaired) electrons. The summed E-state index contributed by atoms with van der Waals surface area (Å²) >= 11 is 12.5. The SMILES string of the molecule is Clc1ccc(Oc2ccc(Br)cn2)c(Br)c1. The molecule has 5 heteroatoms. The van der Waals surface area contributed by atoms with Crippen LogP contribution in [0.4, 0.5) is 0 Å². The van der Waals surface area contributed by atoms with E-state index in [2.05, 4.69) is 36.8 Å². The Hall–Kier alpha value is -0.580. The van der Waals surface area contributed by atoms with Gasteiger partial charge in [-0.05, 0) is 56.1 Å². The summed E-state index contributed by atoms with van der Waals surface area (Å²) in [6.45, 7) is 0. The van der Waals surface area contributed by atoms with Gasteiger partial charge in [-0.2, -0.15) is 0 Å². The topological polar surface area (TPSA) is 22.1 Å². The van der Waals surface area contributed by atoms with Crippen molar-refractivity contribution in [3.05, 3.63) is 50.5 Å². The van der Waals surface area contributed by atoms with E-state index in [4.69, 9.17) is 16.3 Å². The first-order chi connectivity index (χ1) is 7.65. The van der Waals surface area contributed by atoms with E-state index in [0.29, 0.717) is 16.7 Å². The Balaban J connectivity index is 2.23. The van der Waals surface area contributed by atoms with Gasteiger partial charge in [0.2, 0.25) is 5.88 Å². The Morgan fingerprint density at radius 3 is 2.56 bits per heavy atom. The maximum Gasteiger partial charge on any atom is 0.219 e. The lowest BCUT2D eigenvalue weighted by molar-refractivity contribution is 0.460. The second-order valence-electron chi connectivity index (χ2n) is 2.99. The number of hydrogen-bond donors (Lipinski definition) is 0. The zero-order valence-corrected chi connectivity index (χ0v) is 11.9. The molecule has 0 atom stereocenters. The fourth-order valence-electron chi connectivity index (χ4n) is 1.09. The van der Waals surface area contributed by atoms with Gasteiger partial charge < -0.3 is 4.74 Å². The summed E-state index contributed by atoms with van der Waals surface area (Å²) in [7, 11) is 0.